The Labute approximate surface area is 199 Å². The number of fused-ring (bicyclic) bond motifs is 2. The van der Waals surface area contributed by atoms with Gasteiger partial charge in [-0.1, -0.05) is 18.2 Å². The fourth-order valence-corrected chi connectivity index (χ4v) is 4.42. The van der Waals surface area contributed by atoms with Gasteiger partial charge in [-0.05, 0) is 60.5 Å². The number of aromatic carboxylic acids is 1. The lowest BCUT2D eigenvalue weighted by molar-refractivity contribution is 0.0697. The first-order valence-corrected chi connectivity index (χ1v) is 11.1. The third kappa shape index (κ3) is 3.61. The van der Waals surface area contributed by atoms with Crippen LogP contribution in [0.1, 0.15) is 28.2 Å². The molecule has 0 unspecified atom stereocenters. The third-order valence-corrected chi connectivity index (χ3v) is 6.14. The molecule has 8 heteroatoms. The summed E-state index contributed by atoms with van der Waals surface area (Å²) < 4.78 is 3.49. The summed E-state index contributed by atoms with van der Waals surface area (Å²) >= 11 is 0. The molecule has 5 aromatic rings. The van der Waals surface area contributed by atoms with E-state index in [0.29, 0.717) is 29.7 Å². The number of aromatic nitrogens is 5. The summed E-state index contributed by atoms with van der Waals surface area (Å²) in [6.07, 6.45) is 8.07. The number of allylic oxidation sites excluding steroid dienone is 1. The summed E-state index contributed by atoms with van der Waals surface area (Å²) in [4.78, 5) is 33.3. The second-order valence-corrected chi connectivity index (χ2v) is 8.30. The molecule has 170 valence electrons. The number of para-hydroxylation sites is 1. The summed E-state index contributed by atoms with van der Waals surface area (Å²) in [5, 5.41) is 14.6. The summed E-state index contributed by atoms with van der Waals surface area (Å²) in [7, 11) is 0. The van der Waals surface area contributed by atoms with Gasteiger partial charge in [0.1, 0.15) is 11.5 Å². The van der Waals surface area contributed by atoms with Gasteiger partial charge in [0.2, 0.25) is 0 Å². The monoisotopic (exact) mass is 461 g/mol. The normalized spacial score (nSPS) is 13.9. The van der Waals surface area contributed by atoms with Crippen molar-refractivity contribution in [3.8, 4) is 16.9 Å². The van der Waals surface area contributed by atoms with Crippen LogP contribution in [0.2, 0.25) is 0 Å². The zero-order valence-electron chi connectivity index (χ0n) is 18.5. The Balaban J connectivity index is 1.52. The molecule has 6 rings (SSSR count). The van der Waals surface area contributed by atoms with Gasteiger partial charge in [0, 0.05) is 36.3 Å². The van der Waals surface area contributed by atoms with Gasteiger partial charge < -0.3 is 5.11 Å². The van der Waals surface area contributed by atoms with Crippen LogP contribution < -0.4 is 5.56 Å². The zero-order chi connectivity index (χ0) is 23.9. The second kappa shape index (κ2) is 8.18. The van der Waals surface area contributed by atoms with E-state index >= 15 is 0 Å². The van der Waals surface area contributed by atoms with Gasteiger partial charge in [0.25, 0.3) is 5.56 Å². The average molecular weight is 461 g/mol. The Hall–Kier alpha value is -4.85. The van der Waals surface area contributed by atoms with Gasteiger partial charge in [-0.25, -0.2) is 14.5 Å². The number of carbonyl (C=O) groups is 1. The molecule has 8 nitrogen and oxygen atoms in total. The maximum Gasteiger partial charge on any atom is 0.335 e. The van der Waals surface area contributed by atoms with Crippen molar-refractivity contribution in [2.75, 3.05) is 0 Å². The van der Waals surface area contributed by atoms with Crippen LogP contribution in [0.15, 0.2) is 84.0 Å². The van der Waals surface area contributed by atoms with E-state index in [2.05, 4.69) is 4.98 Å². The molecule has 0 atom stereocenters. The molecule has 0 bridgehead atoms. The Morgan fingerprint density at radius 2 is 1.83 bits per heavy atom. The SMILES string of the molecule is O=C(O)c1ccc2c(=O)n3c(nc2c1)/C(=C/c1cn(-c2ccccc2)nc1-c1ccncc1)CC3. The highest BCUT2D eigenvalue weighted by atomic mass is 16.4. The maximum absolute atomic E-state index is 13.1. The van der Waals surface area contributed by atoms with Gasteiger partial charge in [0.15, 0.2) is 0 Å². The Kier molecular flexibility index (Phi) is 4.84. The first-order chi connectivity index (χ1) is 17.1. The molecule has 1 aliphatic rings. The van der Waals surface area contributed by atoms with Crippen molar-refractivity contribution < 1.29 is 9.90 Å². The largest absolute Gasteiger partial charge is 0.478 e. The summed E-state index contributed by atoms with van der Waals surface area (Å²) in [6, 6.07) is 18.1. The fraction of sp³-hybridized carbons (Fsp3) is 0.0741. The first kappa shape index (κ1) is 20.7. The van der Waals surface area contributed by atoms with Crippen molar-refractivity contribution in [2.45, 2.75) is 13.0 Å². The smallest absolute Gasteiger partial charge is 0.335 e. The predicted molar refractivity (Wildman–Crippen MR) is 132 cm³/mol. The number of carboxylic acid groups (broad SMARTS) is 1. The Bertz CT molecular complexity index is 1690. The van der Waals surface area contributed by atoms with Gasteiger partial charge in [-0.2, -0.15) is 5.10 Å². The topological polar surface area (TPSA) is 103 Å². The molecule has 0 saturated carbocycles. The van der Waals surface area contributed by atoms with E-state index in [4.69, 9.17) is 10.1 Å². The van der Waals surface area contributed by atoms with Crippen molar-refractivity contribution in [3.63, 3.8) is 0 Å². The minimum absolute atomic E-state index is 0.0991. The van der Waals surface area contributed by atoms with E-state index in [-0.39, 0.29) is 11.1 Å². The summed E-state index contributed by atoms with van der Waals surface area (Å²) in [6.45, 7) is 0.515. The summed E-state index contributed by atoms with van der Waals surface area (Å²) in [5.74, 6) is -0.501. The number of benzene rings is 2. The van der Waals surface area contributed by atoms with Crippen molar-refractivity contribution >= 4 is 28.5 Å². The number of hydrogen-bond acceptors (Lipinski definition) is 5. The number of pyridine rings is 1. The lowest BCUT2D eigenvalue weighted by Crippen LogP contribution is -2.21. The molecule has 4 heterocycles. The van der Waals surface area contributed by atoms with Crippen LogP contribution in [0.3, 0.4) is 0 Å². The quantitative estimate of drug-likeness (QED) is 0.428. The molecule has 0 aliphatic carbocycles. The van der Waals surface area contributed by atoms with E-state index in [1.807, 2.05) is 59.4 Å². The highest BCUT2D eigenvalue weighted by Gasteiger charge is 2.22. The summed E-state index contributed by atoms with van der Waals surface area (Å²) in [5.41, 5.74) is 4.74. The molecular formula is C27H19N5O3. The Morgan fingerprint density at radius 1 is 1.03 bits per heavy atom. The molecular weight excluding hydrogens is 442 g/mol. The van der Waals surface area contributed by atoms with E-state index in [1.54, 1.807) is 17.0 Å². The van der Waals surface area contributed by atoms with E-state index in [9.17, 15) is 14.7 Å². The molecule has 1 N–H and O–H groups in total. The third-order valence-electron chi connectivity index (χ3n) is 6.14. The van der Waals surface area contributed by atoms with Gasteiger partial charge in [-0.3, -0.25) is 14.3 Å². The minimum atomic E-state index is -1.06. The van der Waals surface area contributed by atoms with Crippen molar-refractivity contribution in [2.24, 2.45) is 0 Å². The zero-order valence-corrected chi connectivity index (χ0v) is 18.5. The van der Waals surface area contributed by atoms with Crippen LogP contribution in [0.5, 0.6) is 0 Å². The van der Waals surface area contributed by atoms with Crippen LogP contribution in [0, 0.1) is 0 Å². The van der Waals surface area contributed by atoms with E-state index < -0.39 is 5.97 Å². The molecule has 0 saturated heterocycles. The standard InChI is InChI=1S/C27H19N5O3/c33-26-22-7-6-19(27(34)35)15-23(22)29-25-18(10-13-31(25)26)14-20-16-32(21-4-2-1-3-5-21)30-24(20)17-8-11-28-12-9-17/h1-9,11-12,14-16H,10,13H2,(H,34,35)/b18-14+. The maximum atomic E-state index is 13.1. The molecule has 0 amide bonds. The van der Waals surface area contributed by atoms with Gasteiger partial charge >= 0.3 is 5.97 Å². The average Bonchev–Trinajstić information content (AvgIpc) is 3.50. The number of carboxylic acids is 1. The van der Waals surface area contributed by atoms with Crippen LogP contribution >= 0.6 is 0 Å². The van der Waals surface area contributed by atoms with Crippen molar-refractivity contribution in [3.05, 3.63) is 107 Å². The van der Waals surface area contributed by atoms with Crippen LogP contribution in [0.4, 0.5) is 0 Å². The highest BCUT2D eigenvalue weighted by molar-refractivity contribution is 5.94. The van der Waals surface area contributed by atoms with Crippen LogP contribution in [-0.4, -0.2) is 35.4 Å². The number of nitrogens with zero attached hydrogens (tertiary/aromatic N) is 5. The molecule has 0 fully saturated rings. The van der Waals surface area contributed by atoms with Crippen LogP contribution in [0.25, 0.3) is 39.5 Å². The highest BCUT2D eigenvalue weighted by Crippen LogP contribution is 2.31. The molecule has 0 radical (unpaired) electrons. The van der Waals surface area contributed by atoms with Crippen LogP contribution in [-0.2, 0) is 6.54 Å². The van der Waals surface area contributed by atoms with E-state index in [1.165, 1.54) is 18.2 Å². The lowest BCUT2D eigenvalue weighted by Gasteiger charge is -2.06. The van der Waals surface area contributed by atoms with E-state index in [0.717, 1.165) is 28.1 Å². The minimum Gasteiger partial charge on any atom is -0.478 e. The first-order valence-electron chi connectivity index (χ1n) is 11.1. The molecule has 0 spiro atoms. The fourth-order valence-electron chi connectivity index (χ4n) is 4.42. The van der Waals surface area contributed by atoms with Crippen molar-refractivity contribution in [1.29, 1.82) is 0 Å². The van der Waals surface area contributed by atoms with Gasteiger partial charge in [0.05, 0.1) is 22.2 Å². The lowest BCUT2D eigenvalue weighted by atomic mass is 10.1. The molecule has 3 aromatic heterocycles. The second-order valence-electron chi connectivity index (χ2n) is 8.30. The number of rotatable bonds is 4. The van der Waals surface area contributed by atoms with Gasteiger partial charge in [-0.15, -0.1) is 0 Å². The number of hydrogen-bond donors (Lipinski definition) is 1. The van der Waals surface area contributed by atoms with Crippen molar-refractivity contribution in [1.82, 2.24) is 24.3 Å². The molecule has 1 aliphatic heterocycles. The molecule has 35 heavy (non-hydrogen) atoms. The Morgan fingerprint density at radius 3 is 2.60 bits per heavy atom. The predicted octanol–water partition coefficient (Wildman–Crippen LogP) is 4.29. The molecule has 2 aromatic carbocycles.